The Morgan fingerprint density at radius 2 is 1.85 bits per heavy atom. The van der Waals surface area contributed by atoms with E-state index in [1.165, 1.54) is 6.92 Å². The third-order valence-electron chi connectivity index (χ3n) is 3.00. The zero-order valence-corrected chi connectivity index (χ0v) is 11.7. The number of benzene rings is 2. The molecule has 0 amide bonds. The van der Waals surface area contributed by atoms with Gasteiger partial charge >= 0.3 is 0 Å². The van der Waals surface area contributed by atoms with Crippen LogP contribution in [0.3, 0.4) is 0 Å². The second-order valence-corrected chi connectivity index (χ2v) is 4.82. The molecule has 3 heteroatoms. The Morgan fingerprint density at radius 3 is 2.45 bits per heavy atom. The van der Waals surface area contributed by atoms with Crippen molar-refractivity contribution in [3.63, 3.8) is 0 Å². The molecular weight excluding hydrogens is 252 g/mol. The molecule has 0 saturated heterocycles. The summed E-state index contributed by atoms with van der Waals surface area (Å²) in [5.74, 6) is 0.675. The number of Topliss-reactive ketones (excluding diaryl/α,β-unsaturated/α-hetero) is 1. The van der Waals surface area contributed by atoms with Gasteiger partial charge in [-0.3, -0.25) is 4.79 Å². The van der Waals surface area contributed by atoms with Gasteiger partial charge < -0.3 is 9.84 Å². The molecule has 0 aliphatic rings. The van der Waals surface area contributed by atoms with Gasteiger partial charge in [-0.2, -0.15) is 0 Å². The number of ketones is 1. The topological polar surface area (TPSA) is 46.5 Å². The lowest BCUT2D eigenvalue weighted by Gasteiger charge is -2.09. The van der Waals surface area contributed by atoms with Crippen LogP contribution in [0.2, 0.25) is 0 Å². The Balaban J connectivity index is 2.17. The number of carbonyl (C=O) groups is 1. The third kappa shape index (κ3) is 3.68. The maximum Gasteiger partial charge on any atom is 0.167 e. The molecule has 3 nitrogen and oxygen atoms in total. The molecule has 0 aliphatic carbocycles. The number of aliphatic hydroxyl groups excluding tert-OH is 1. The summed E-state index contributed by atoms with van der Waals surface area (Å²) in [6.45, 7) is 3.34. The fourth-order valence-corrected chi connectivity index (χ4v) is 1.91. The number of hydrogen-bond acceptors (Lipinski definition) is 3. The van der Waals surface area contributed by atoms with Gasteiger partial charge in [-0.05, 0) is 48.7 Å². The zero-order chi connectivity index (χ0) is 14.5. The number of aliphatic hydroxyl groups is 1. The first-order valence-corrected chi connectivity index (χ1v) is 6.57. The van der Waals surface area contributed by atoms with Gasteiger partial charge in [-0.15, -0.1) is 0 Å². The molecule has 0 radical (unpaired) electrons. The van der Waals surface area contributed by atoms with Crippen LogP contribution in [0.25, 0.3) is 11.1 Å². The minimum Gasteiger partial charge on any atom is -0.486 e. The molecule has 104 valence electrons. The standard InChI is InChI=1S/C17H18O3/c1-12(18)11-20-17-8-6-14(7-9-17)16-5-3-4-15(10-16)13(2)19/h3-10,13,19H,11H2,1-2H3/t13-/m1/s1. The van der Waals surface area contributed by atoms with Gasteiger partial charge in [-0.25, -0.2) is 0 Å². The fraction of sp³-hybridized carbons (Fsp3) is 0.235. The average Bonchev–Trinajstić information content (AvgIpc) is 2.46. The highest BCUT2D eigenvalue weighted by Crippen LogP contribution is 2.25. The SMILES string of the molecule is CC(=O)COc1ccc(-c2cccc([C@@H](C)O)c2)cc1. The van der Waals surface area contributed by atoms with Gasteiger partial charge in [-0.1, -0.05) is 30.3 Å². The fourth-order valence-electron chi connectivity index (χ4n) is 1.91. The summed E-state index contributed by atoms with van der Waals surface area (Å²) in [6.07, 6.45) is -0.479. The first-order valence-electron chi connectivity index (χ1n) is 6.57. The monoisotopic (exact) mass is 270 g/mol. The van der Waals surface area contributed by atoms with Gasteiger partial charge in [0.05, 0.1) is 6.10 Å². The number of ether oxygens (including phenoxy) is 1. The normalized spacial score (nSPS) is 11.9. The Bertz CT molecular complexity index is 585. The Kier molecular flexibility index (Phi) is 4.53. The van der Waals surface area contributed by atoms with Crippen LogP contribution in [0, 0.1) is 0 Å². The smallest absolute Gasteiger partial charge is 0.167 e. The van der Waals surface area contributed by atoms with Crippen molar-refractivity contribution in [2.24, 2.45) is 0 Å². The largest absolute Gasteiger partial charge is 0.486 e. The van der Waals surface area contributed by atoms with Crippen LogP contribution in [-0.2, 0) is 4.79 Å². The lowest BCUT2D eigenvalue weighted by Crippen LogP contribution is -2.06. The van der Waals surface area contributed by atoms with E-state index in [2.05, 4.69) is 0 Å². The molecule has 0 saturated carbocycles. The molecule has 0 aliphatic heterocycles. The summed E-state index contributed by atoms with van der Waals surface area (Å²) in [7, 11) is 0. The average molecular weight is 270 g/mol. The van der Waals surface area contributed by atoms with Crippen molar-refractivity contribution in [1.82, 2.24) is 0 Å². The molecule has 0 spiro atoms. The van der Waals surface area contributed by atoms with E-state index >= 15 is 0 Å². The van der Waals surface area contributed by atoms with E-state index in [-0.39, 0.29) is 12.4 Å². The summed E-state index contributed by atoms with van der Waals surface area (Å²) < 4.78 is 5.33. The second kappa shape index (κ2) is 6.35. The predicted octanol–water partition coefficient (Wildman–Crippen LogP) is 3.37. The van der Waals surface area contributed by atoms with Crippen LogP contribution in [0.4, 0.5) is 0 Å². The number of rotatable bonds is 5. The van der Waals surface area contributed by atoms with Crippen molar-refractivity contribution < 1.29 is 14.6 Å². The van der Waals surface area contributed by atoms with E-state index in [4.69, 9.17) is 4.74 Å². The number of carbonyl (C=O) groups excluding carboxylic acids is 1. The minimum atomic E-state index is -0.479. The van der Waals surface area contributed by atoms with Crippen molar-refractivity contribution in [3.8, 4) is 16.9 Å². The highest BCUT2D eigenvalue weighted by molar-refractivity contribution is 5.77. The molecule has 2 aromatic carbocycles. The highest BCUT2D eigenvalue weighted by Gasteiger charge is 2.04. The van der Waals surface area contributed by atoms with Crippen molar-refractivity contribution >= 4 is 5.78 Å². The van der Waals surface area contributed by atoms with Gasteiger partial charge in [0.1, 0.15) is 12.4 Å². The summed E-state index contributed by atoms with van der Waals surface area (Å²) in [5.41, 5.74) is 2.98. The summed E-state index contributed by atoms with van der Waals surface area (Å²) >= 11 is 0. The third-order valence-corrected chi connectivity index (χ3v) is 3.00. The van der Waals surface area contributed by atoms with E-state index in [1.807, 2.05) is 48.5 Å². The molecule has 0 unspecified atom stereocenters. The van der Waals surface area contributed by atoms with E-state index in [1.54, 1.807) is 6.92 Å². The maximum atomic E-state index is 10.9. The predicted molar refractivity (Wildman–Crippen MR) is 78.7 cm³/mol. The van der Waals surface area contributed by atoms with Crippen LogP contribution < -0.4 is 4.74 Å². The minimum absolute atomic E-state index is 0.00119. The molecule has 1 N–H and O–H groups in total. The lowest BCUT2D eigenvalue weighted by atomic mass is 10.0. The van der Waals surface area contributed by atoms with Crippen molar-refractivity contribution in [3.05, 3.63) is 54.1 Å². The molecule has 0 heterocycles. The van der Waals surface area contributed by atoms with Gasteiger partial charge in [0, 0.05) is 0 Å². The summed E-state index contributed by atoms with van der Waals surface area (Å²) in [6, 6.07) is 15.4. The molecule has 1 atom stereocenters. The van der Waals surface area contributed by atoms with E-state index < -0.39 is 6.10 Å². The quantitative estimate of drug-likeness (QED) is 0.906. The molecule has 20 heavy (non-hydrogen) atoms. The van der Waals surface area contributed by atoms with Crippen LogP contribution >= 0.6 is 0 Å². The molecule has 0 fully saturated rings. The van der Waals surface area contributed by atoms with Gasteiger partial charge in [0.2, 0.25) is 0 Å². The maximum absolute atomic E-state index is 10.9. The molecule has 0 aromatic heterocycles. The Hall–Kier alpha value is -2.13. The summed E-state index contributed by atoms with van der Waals surface area (Å²) in [5, 5.41) is 9.61. The highest BCUT2D eigenvalue weighted by atomic mass is 16.5. The number of hydrogen-bond donors (Lipinski definition) is 1. The molecular formula is C17H18O3. The van der Waals surface area contributed by atoms with Crippen LogP contribution in [0.5, 0.6) is 5.75 Å². The van der Waals surface area contributed by atoms with Crippen molar-refractivity contribution in [2.45, 2.75) is 20.0 Å². The van der Waals surface area contributed by atoms with Crippen LogP contribution in [0.15, 0.2) is 48.5 Å². The van der Waals surface area contributed by atoms with Crippen molar-refractivity contribution in [2.75, 3.05) is 6.61 Å². The van der Waals surface area contributed by atoms with E-state index in [0.29, 0.717) is 5.75 Å². The second-order valence-electron chi connectivity index (χ2n) is 4.82. The van der Waals surface area contributed by atoms with E-state index in [0.717, 1.165) is 16.7 Å². The first kappa shape index (κ1) is 14.3. The first-order chi connectivity index (χ1) is 9.56. The van der Waals surface area contributed by atoms with Crippen LogP contribution in [0.1, 0.15) is 25.5 Å². The van der Waals surface area contributed by atoms with Crippen molar-refractivity contribution in [1.29, 1.82) is 0 Å². The van der Waals surface area contributed by atoms with Gasteiger partial charge in [0.15, 0.2) is 5.78 Å². The molecule has 0 bridgehead atoms. The van der Waals surface area contributed by atoms with E-state index in [9.17, 15) is 9.90 Å². The zero-order valence-electron chi connectivity index (χ0n) is 11.7. The molecule has 2 aromatic rings. The lowest BCUT2D eigenvalue weighted by molar-refractivity contribution is -0.118. The van der Waals surface area contributed by atoms with Crippen LogP contribution in [-0.4, -0.2) is 17.5 Å². The Labute approximate surface area is 118 Å². The van der Waals surface area contributed by atoms with Gasteiger partial charge in [0.25, 0.3) is 0 Å². The summed E-state index contributed by atoms with van der Waals surface area (Å²) in [4.78, 5) is 10.9. The molecule has 2 rings (SSSR count). The Morgan fingerprint density at radius 1 is 1.15 bits per heavy atom.